The summed E-state index contributed by atoms with van der Waals surface area (Å²) in [6, 6.07) is 5.69. The number of thioether (sulfide) groups is 1. The number of imidazole rings is 1. The number of rotatable bonds is 1. The van der Waals surface area contributed by atoms with Gasteiger partial charge in [0.25, 0.3) is 5.91 Å². The molecule has 0 radical (unpaired) electrons. The molecule has 0 saturated carbocycles. The zero-order chi connectivity index (χ0) is 13.4. The number of nitrogens with two attached hydrogens (primary N) is 1. The van der Waals surface area contributed by atoms with E-state index in [1.54, 1.807) is 33.8 Å². The molecule has 6 heteroatoms. The molecular weight excluding hydrogens is 260 g/mol. The largest absolute Gasteiger partial charge is 0.399 e. The molecule has 3 rings (SSSR count). The Morgan fingerprint density at radius 2 is 2.32 bits per heavy atom. The summed E-state index contributed by atoms with van der Waals surface area (Å²) < 4.78 is 1.73. The highest BCUT2D eigenvalue weighted by atomic mass is 32.2. The van der Waals surface area contributed by atoms with E-state index in [0.717, 1.165) is 16.3 Å². The van der Waals surface area contributed by atoms with E-state index in [-0.39, 0.29) is 5.91 Å². The summed E-state index contributed by atoms with van der Waals surface area (Å²) in [5.74, 6) is 0.854. The van der Waals surface area contributed by atoms with Crippen LogP contribution in [0.4, 0.5) is 11.4 Å². The van der Waals surface area contributed by atoms with Gasteiger partial charge in [-0.2, -0.15) is 0 Å². The molecule has 5 nitrogen and oxygen atoms in total. The van der Waals surface area contributed by atoms with Gasteiger partial charge >= 0.3 is 0 Å². The van der Waals surface area contributed by atoms with Crippen molar-refractivity contribution < 1.29 is 4.79 Å². The smallest absolute Gasteiger partial charge is 0.276 e. The van der Waals surface area contributed by atoms with Crippen molar-refractivity contribution in [2.75, 3.05) is 22.9 Å². The summed E-state index contributed by atoms with van der Waals surface area (Å²) >= 11 is 1.75. The Labute approximate surface area is 115 Å². The molecule has 0 spiro atoms. The van der Waals surface area contributed by atoms with Crippen LogP contribution >= 0.6 is 11.8 Å². The van der Waals surface area contributed by atoms with Crippen LogP contribution in [-0.4, -0.2) is 27.8 Å². The fourth-order valence-electron chi connectivity index (χ4n) is 2.15. The second-order valence-electron chi connectivity index (χ2n) is 4.42. The van der Waals surface area contributed by atoms with Crippen LogP contribution in [0.5, 0.6) is 0 Å². The summed E-state index contributed by atoms with van der Waals surface area (Å²) in [5.41, 5.74) is 7.97. The molecule has 19 heavy (non-hydrogen) atoms. The molecule has 0 saturated heterocycles. The molecular formula is C13H14N4OS. The Bertz CT molecular complexity index is 637. The van der Waals surface area contributed by atoms with Crippen molar-refractivity contribution in [3.8, 4) is 0 Å². The Morgan fingerprint density at radius 3 is 3.05 bits per heavy atom. The lowest BCUT2D eigenvalue weighted by molar-refractivity contribution is 0.0980. The van der Waals surface area contributed by atoms with E-state index in [2.05, 4.69) is 4.98 Å². The van der Waals surface area contributed by atoms with Crippen molar-refractivity contribution in [3.63, 3.8) is 0 Å². The van der Waals surface area contributed by atoms with Gasteiger partial charge < -0.3 is 15.2 Å². The van der Waals surface area contributed by atoms with Gasteiger partial charge in [0.15, 0.2) is 0 Å². The summed E-state index contributed by atoms with van der Waals surface area (Å²) in [6.45, 7) is 0.686. The molecule has 0 fully saturated rings. The predicted octanol–water partition coefficient (Wildman–Crippen LogP) is 1.75. The van der Waals surface area contributed by atoms with Crippen molar-refractivity contribution in [2.45, 2.75) is 4.90 Å². The molecule has 2 heterocycles. The number of carbonyl (C=O) groups excluding carboxylic acids is 1. The third-order valence-electron chi connectivity index (χ3n) is 3.13. The summed E-state index contributed by atoms with van der Waals surface area (Å²) in [7, 11) is 1.82. The first kappa shape index (κ1) is 12.1. The Kier molecular flexibility index (Phi) is 2.94. The summed E-state index contributed by atoms with van der Waals surface area (Å²) in [5, 5.41) is 0. The molecule has 1 amide bonds. The van der Waals surface area contributed by atoms with Gasteiger partial charge in [0, 0.05) is 29.9 Å². The number of anilines is 2. The standard InChI is InChI=1S/C13H14N4OS/c1-16-8-15-7-11(16)13(18)17-4-5-19-12-3-2-9(14)6-10(12)17/h2-3,6-8H,4-5,14H2,1H3. The SMILES string of the molecule is Cn1cncc1C(=O)N1CCSc2ccc(N)cc21. The molecule has 2 aromatic rings. The molecule has 0 atom stereocenters. The highest BCUT2D eigenvalue weighted by molar-refractivity contribution is 7.99. The minimum Gasteiger partial charge on any atom is -0.399 e. The van der Waals surface area contributed by atoms with Crippen LogP contribution in [-0.2, 0) is 7.05 Å². The normalized spacial score (nSPS) is 14.3. The van der Waals surface area contributed by atoms with E-state index in [4.69, 9.17) is 5.73 Å². The molecule has 1 aliphatic heterocycles. The van der Waals surface area contributed by atoms with Gasteiger partial charge in [-0.15, -0.1) is 11.8 Å². The summed E-state index contributed by atoms with van der Waals surface area (Å²) in [4.78, 5) is 19.4. The zero-order valence-electron chi connectivity index (χ0n) is 10.5. The maximum absolute atomic E-state index is 12.6. The minimum absolute atomic E-state index is 0.0350. The maximum atomic E-state index is 12.6. The first-order valence-electron chi connectivity index (χ1n) is 5.97. The average molecular weight is 274 g/mol. The number of amides is 1. The molecule has 0 bridgehead atoms. The minimum atomic E-state index is -0.0350. The van der Waals surface area contributed by atoms with E-state index in [1.807, 2.05) is 25.2 Å². The lowest BCUT2D eigenvalue weighted by atomic mass is 10.2. The van der Waals surface area contributed by atoms with Crippen LogP contribution < -0.4 is 10.6 Å². The molecule has 1 aromatic carbocycles. The first-order valence-corrected chi connectivity index (χ1v) is 6.96. The number of nitrogens with zero attached hydrogens (tertiary/aromatic N) is 3. The monoisotopic (exact) mass is 274 g/mol. The zero-order valence-corrected chi connectivity index (χ0v) is 11.4. The van der Waals surface area contributed by atoms with Gasteiger partial charge in [-0.25, -0.2) is 4.98 Å². The first-order chi connectivity index (χ1) is 9.16. The lowest BCUT2D eigenvalue weighted by Crippen LogP contribution is -2.36. The second kappa shape index (κ2) is 4.62. The number of nitrogen functional groups attached to an aromatic ring is 1. The van der Waals surface area contributed by atoms with E-state index in [1.165, 1.54) is 0 Å². The van der Waals surface area contributed by atoms with Crippen LogP contribution in [0, 0.1) is 0 Å². The Hall–Kier alpha value is -1.95. The molecule has 1 aliphatic rings. The van der Waals surface area contributed by atoms with Crippen LogP contribution in [0.15, 0.2) is 35.6 Å². The van der Waals surface area contributed by atoms with Crippen molar-refractivity contribution in [2.24, 2.45) is 7.05 Å². The molecule has 2 N–H and O–H groups in total. The average Bonchev–Trinajstić information content (AvgIpc) is 2.83. The fraction of sp³-hybridized carbons (Fsp3) is 0.231. The third-order valence-corrected chi connectivity index (χ3v) is 4.17. The van der Waals surface area contributed by atoms with Crippen LogP contribution in [0.3, 0.4) is 0 Å². The number of benzene rings is 1. The van der Waals surface area contributed by atoms with Gasteiger partial charge in [-0.1, -0.05) is 0 Å². The number of hydrogen-bond acceptors (Lipinski definition) is 4. The van der Waals surface area contributed by atoms with Gasteiger partial charge in [0.05, 0.1) is 18.2 Å². The number of hydrogen-bond donors (Lipinski definition) is 1. The van der Waals surface area contributed by atoms with Crippen LogP contribution in [0.1, 0.15) is 10.5 Å². The van der Waals surface area contributed by atoms with Gasteiger partial charge in [0.2, 0.25) is 0 Å². The van der Waals surface area contributed by atoms with Crippen LogP contribution in [0.25, 0.3) is 0 Å². The van der Waals surface area contributed by atoms with Gasteiger partial charge in [-0.3, -0.25) is 4.79 Å². The highest BCUT2D eigenvalue weighted by Crippen LogP contribution is 2.36. The summed E-state index contributed by atoms with van der Waals surface area (Å²) in [6.07, 6.45) is 3.22. The Morgan fingerprint density at radius 1 is 1.47 bits per heavy atom. The Balaban J connectivity index is 2.02. The fourth-order valence-corrected chi connectivity index (χ4v) is 3.12. The lowest BCUT2D eigenvalue weighted by Gasteiger charge is -2.29. The number of fused-ring (bicyclic) bond motifs is 1. The van der Waals surface area contributed by atoms with E-state index < -0.39 is 0 Å². The molecule has 1 aromatic heterocycles. The van der Waals surface area contributed by atoms with E-state index in [9.17, 15) is 4.79 Å². The van der Waals surface area contributed by atoms with Crippen molar-refractivity contribution in [1.82, 2.24) is 9.55 Å². The molecule has 0 unspecified atom stereocenters. The quantitative estimate of drug-likeness (QED) is 0.805. The number of aryl methyl sites for hydroxylation is 1. The van der Waals surface area contributed by atoms with Gasteiger partial charge in [0.1, 0.15) is 5.69 Å². The van der Waals surface area contributed by atoms with Crippen molar-refractivity contribution in [3.05, 3.63) is 36.4 Å². The maximum Gasteiger partial charge on any atom is 0.276 e. The van der Waals surface area contributed by atoms with Gasteiger partial charge in [-0.05, 0) is 18.2 Å². The molecule has 0 aliphatic carbocycles. The second-order valence-corrected chi connectivity index (χ2v) is 5.56. The van der Waals surface area contributed by atoms with E-state index in [0.29, 0.717) is 17.9 Å². The topological polar surface area (TPSA) is 64.2 Å². The highest BCUT2D eigenvalue weighted by Gasteiger charge is 2.25. The van der Waals surface area contributed by atoms with Crippen LogP contribution in [0.2, 0.25) is 0 Å². The third kappa shape index (κ3) is 2.08. The predicted molar refractivity (Wildman–Crippen MR) is 76.5 cm³/mol. The van der Waals surface area contributed by atoms with Crippen molar-refractivity contribution in [1.29, 1.82) is 0 Å². The number of aromatic nitrogens is 2. The molecule has 98 valence electrons. The number of carbonyl (C=O) groups is 1. The van der Waals surface area contributed by atoms with Crippen molar-refractivity contribution >= 4 is 29.0 Å². The van der Waals surface area contributed by atoms with E-state index >= 15 is 0 Å².